The topological polar surface area (TPSA) is 89.5 Å². The number of aromatic nitrogens is 4. The van der Waals surface area contributed by atoms with E-state index in [0.717, 1.165) is 5.69 Å². The minimum atomic E-state index is -4.64. The summed E-state index contributed by atoms with van der Waals surface area (Å²) in [5.41, 5.74) is 1.44. The summed E-state index contributed by atoms with van der Waals surface area (Å²) in [6.45, 7) is 3.59. The summed E-state index contributed by atoms with van der Waals surface area (Å²) in [6, 6.07) is 5.53. The highest BCUT2D eigenvalue weighted by molar-refractivity contribution is 5.81. The van der Waals surface area contributed by atoms with Gasteiger partial charge < -0.3 is 14.1 Å². The zero-order chi connectivity index (χ0) is 22.0. The molecule has 0 bridgehead atoms. The van der Waals surface area contributed by atoms with Crippen molar-refractivity contribution in [2.24, 2.45) is 0 Å². The molecule has 0 N–H and O–H groups in total. The van der Waals surface area contributed by atoms with Crippen molar-refractivity contribution < 1.29 is 22.3 Å². The van der Waals surface area contributed by atoms with Crippen LogP contribution in [0.2, 0.25) is 0 Å². The van der Waals surface area contributed by atoms with E-state index in [0.29, 0.717) is 50.2 Å². The van der Waals surface area contributed by atoms with Crippen LogP contribution in [-0.2, 0) is 24.0 Å². The van der Waals surface area contributed by atoms with E-state index in [4.69, 9.17) is 9.15 Å². The van der Waals surface area contributed by atoms with Crippen LogP contribution in [0.3, 0.4) is 0 Å². The molecule has 0 spiro atoms. The smallest absolute Gasteiger partial charge is 0.416 e. The van der Waals surface area contributed by atoms with Gasteiger partial charge in [0.15, 0.2) is 0 Å². The van der Waals surface area contributed by atoms with Gasteiger partial charge in [0.25, 0.3) is 5.56 Å². The maximum absolute atomic E-state index is 12.6. The Labute approximate surface area is 175 Å². The Morgan fingerprint density at radius 3 is 2.61 bits per heavy atom. The molecular weight excluding hydrogens is 417 g/mol. The minimum Gasteiger partial charge on any atom is -0.416 e. The van der Waals surface area contributed by atoms with Crippen molar-refractivity contribution in [2.75, 3.05) is 44.8 Å². The second-order valence-corrected chi connectivity index (χ2v) is 7.20. The highest BCUT2D eigenvalue weighted by atomic mass is 19.4. The number of hydrogen-bond donors (Lipinski definition) is 0. The number of piperazine rings is 1. The van der Waals surface area contributed by atoms with Gasteiger partial charge in [-0.1, -0.05) is 0 Å². The third kappa shape index (κ3) is 4.69. The van der Waals surface area contributed by atoms with E-state index in [1.807, 2.05) is 17.0 Å². The zero-order valence-corrected chi connectivity index (χ0v) is 16.8. The number of fused-ring (bicyclic) bond motifs is 1. The summed E-state index contributed by atoms with van der Waals surface area (Å²) in [5, 5.41) is 7.08. The lowest BCUT2D eigenvalue weighted by Crippen LogP contribution is -2.46. The fraction of sp³-hybridized carbons (Fsp3) is 0.474. The fourth-order valence-corrected chi connectivity index (χ4v) is 3.48. The first kappa shape index (κ1) is 21.2. The number of nitrogens with zero attached hydrogens (tertiary/aromatic N) is 6. The molecule has 3 heterocycles. The molecule has 0 unspecified atom stereocenters. The average Bonchev–Trinajstić information content (AvgIpc) is 3.23. The lowest BCUT2D eigenvalue weighted by Gasteiger charge is -2.35. The number of anilines is 1. The monoisotopic (exact) mass is 438 g/mol. The van der Waals surface area contributed by atoms with Crippen LogP contribution < -0.4 is 10.5 Å². The number of hydrogen-bond acceptors (Lipinski definition) is 8. The molecule has 1 aliphatic heterocycles. The molecule has 0 amide bonds. The van der Waals surface area contributed by atoms with Crippen molar-refractivity contribution >= 4 is 16.6 Å². The van der Waals surface area contributed by atoms with Gasteiger partial charge in [0.2, 0.25) is 5.89 Å². The molecule has 1 aromatic carbocycles. The molecule has 31 heavy (non-hydrogen) atoms. The van der Waals surface area contributed by atoms with Crippen LogP contribution in [0.25, 0.3) is 10.9 Å². The van der Waals surface area contributed by atoms with Crippen LogP contribution in [0.4, 0.5) is 18.9 Å². The summed E-state index contributed by atoms with van der Waals surface area (Å²) in [5.74, 6) is -1.38. The fourth-order valence-electron chi connectivity index (χ4n) is 3.48. The molecule has 0 atom stereocenters. The molecule has 1 fully saturated rings. The first-order valence-electron chi connectivity index (χ1n) is 9.70. The Balaban J connectivity index is 1.40. The van der Waals surface area contributed by atoms with Crippen LogP contribution in [-0.4, -0.2) is 64.5 Å². The Morgan fingerprint density at radius 2 is 1.94 bits per heavy atom. The summed E-state index contributed by atoms with van der Waals surface area (Å²) in [4.78, 5) is 21.1. The third-order valence-electron chi connectivity index (χ3n) is 5.15. The lowest BCUT2D eigenvalue weighted by atomic mass is 10.2. The molecule has 2 aromatic heterocycles. The summed E-state index contributed by atoms with van der Waals surface area (Å²) in [7, 11) is 1.58. The SMILES string of the molecule is COCCn1cnc2cc(N3CCN(Cc4nnc(C(F)(F)F)o4)CC3)ccc2c1=O. The second-order valence-electron chi connectivity index (χ2n) is 7.20. The first-order valence-corrected chi connectivity index (χ1v) is 9.70. The quantitative estimate of drug-likeness (QED) is 0.575. The van der Waals surface area contributed by atoms with Gasteiger partial charge in [0.1, 0.15) is 0 Å². The molecule has 3 aromatic rings. The van der Waals surface area contributed by atoms with Gasteiger partial charge in [-0.05, 0) is 18.2 Å². The van der Waals surface area contributed by atoms with Gasteiger partial charge in [-0.2, -0.15) is 13.2 Å². The predicted molar refractivity (Wildman–Crippen MR) is 105 cm³/mol. The molecule has 0 radical (unpaired) electrons. The number of alkyl halides is 3. The van der Waals surface area contributed by atoms with Crippen LogP contribution >= 0.6 is 0 Å². The Kier molecular flexibility index (Phi) is 5.92. The number of benzene rings is 1. The van der Waals surface area contributed by atoms with Gasteiger partial charge in [0.05, 0.1) is 36.9 Å². The van der Waals surface area contributed by atoms with Gasteiger partial charge in [-0.25, -0.2) is 4.98 Å². The molecular formula is C19H21F3N6O3. The van der Waals surface area contributed by atoms with Crippen molar-refractivity contribution in [3.8, 4) is 0 Å². The van der Waals surface area contributed by atoms with Crippen LogP contribution in [0.5, 0.6) is 0 Å². The van der Waals surface area contributed by atoms with E-state index in [9.17, 15) is 18.0 Å². The minimum absolute atomic E-state index is 0.0552. The van der Waals surface area contributed by atoms with Gasteiger partial charge >= 0.3 is 12.1 Å². The Morgan fingerprint density at radius 1 is 1.16 bits per heavy atom. The largest absolute Gasteiger partial charge is 0.470 e. The van der Waals surface area contributed by atoms with E-state index >= 15 is 0 Å². The third-order valence-corrected chi connectivity index (χ3v) is 5.15. The molecule has 166 valence electrons. The standard InChI is InChI=1S/C19H21F3N6O3/c1-30-9-8-28-12-23-15-10-13(2-3-14(15)17(28)29)27-6-4-26(5-7-27)11-16-24-25-18(31-16)19(20,21)22/h2-3,10,12H,4-9,11H2,1H3. The number of rotatable bonds is 6. The van der Waals surface area contributed by atoms with Gasteiger partial charge in [-0.3, -0.25) is 14.3 Å². The Bertz CT molecular complexity index is 1110. The Hall–Kier alpha value is -2.99. The lowest BCUT2D eigenvalue weighted by molar-refractivity contribution is -0.157. The maximum atomic E-state index is 12.6. The van der Waals surface area contributed by atoms with Crippen molar-refractivity contribution in [3.05, 3.63) is 46.7 Å². The highest BCUT2D eigenvalue weighted by Gasteiger charge is 2.38. The molecule has 1 aliphatic rings. The number of halogens is 3. The van der Waals surface area contributed by atoms with Gasteiger partial charge in [0, 0.05) is 39.0 Å². The molecule has 9 nitrogen and oxygen atoms in total. The van der Waals surface area contributed by atoms with E-state index in [-0.39, 0.29) is 18.0 Å². The van der Waals surface area contributed by atoms with E-state index in [2.05, 4.69) is 20.1 Å². The average molecular weight is 438 g/mol. The molecule has 1 saturated heterocycles. The van der Waals surface area contributed by atoms with Crippen molar-refractivity contribution in [1.29, 1.82) is 0 Å². The summed E-state index contributed by atoms with van der Waals surface area (Å²) >= 11 is 0. The predicted octanol–water partition coefficient (Wildman–Crippen LogP) is 1.77. The van der Waals surface area contributed by atoms with Crippen molar-refractivity contribution in [2.45, 2.75) is 19.3 Å². The normalized spacial score (nSPS) is 15.7. The van der Waals surface area contributed by atoms with Crippen LogP contribution in [0.15, 0.2) is 33.7 Å². The number of methoxy groups -OCH3 is 1. The zero-order valence-electron chi connectivity index (χ0n) is 16.8. The van der Waals surface area contributed by atoms with E-state index < -0.39 is 12.1 Å². The van der Waals surface area contributed by atoms with E-state index in [1.54, 1.807) is 13.2 Å². The molecule has 12 heteroatoms. The van der Waals surface area contributed by atoms with E-state index in [1.165, 1.54) is 10.9 Å². The highest BCUT2D eigenvalue weighted by Crippen LogP contribution is 2.28. The molecule has 0 saturated carbocycles. The van der Waals surface area contributed by atoms with Crippen LogP contribution in [0.1, 0.15) is 11.8 Å². The maximum Gasteiger partial charge on any atom is 0.470 e. The molecule has 4 rings (SSSR count). The second kappa shape index (κ2) is 8.63. The van der Waals surface area contributed by atoms with Crippen LogP contribution in [0, 0.1) is 0 Å². The van der Waals surface area contributed by atoms with Crippen molar-refractivity contribution in [3.63, 3.8) is 0 Å². The first-order chi connectivity index (χ1) is 14.8. The summed E-state index contributed by atoms with van der Waals surface area (Å²) < 4.78 is 49.0. The number of ether oxygens (including phenoxy) is 1. The van der Waals surface area contributed by atoms with Crippen molar-refractivity contribution in [1.82, 2.24) is 24.6 Å². The van der Waals surface area contributed by atoms with Gasteiger partial charge in [-0.15, -0.1) is 10.2 Å². The summed E-state index contributed by atoms with van der Waals surface area (Å²) in [6.07, 6.45) is -3.12. The molecule has 0 aliphatic carbocycles.